The molecule has 0 saturated heterocycles. The van der Waals surface area contributed by atoms with E-state index in [1.165, 1.54) is 31.9 Å². The van der Waals surface area contributed by atoms with Crippen molar-refractivity contribution in [3.8, 4) is 0 Å². The maximum atomic E-state index is 11.7. The molecule has 0 radical (unpaired) electrons. The van der Waals surface area contributed by atoms with Crippen LogP contribution in [0, 0.1) is 0 Å². The van der Waals surface area contributed by atoms with Crippen molar-refractivity contribution in [2.45, 2.75) is 25.2 Å². The van der Waals surface area contributed by atoms with Gasteiger partial charge in [-0.15, -0.1) is 0 Å². The molecule has 2 heterocycles. The van der Waals surface area contributed by atoms with Gasteiger partial charge in [0.1, 0.15) is 0 Å². The zero-order chi connectivity index (χ0) is 14.4. The third-order valence-corrected chi connectivity index (χ3v) is 4.40. The molecule has 0 N–H and O–H groups in total. The van der Waals surface area contributed by atoms with Crippen molar-refractivity contribution in [2.75, 3.05) is 7.11 Å². The van der Waals surface area contributed by atoms with Crippen molar-refractivity contribution in [1.82, 2.24) is 9.38 Å². The number of carbonyl (C=O) groups excluding carboxylic acids is 1. The highest BCUT2D eigenvalue weighted by Crippen LogP contribution is 2.38. The molecule has 1 aliphatic carbocycles. The Morgan fingerprint density at radius 1 is 1.29 bits per heavy atom. The summed E-state index contributed by atoms with van der Waals surface area (Å²) in [5, 5.41) is 0. The number of ether oxygens (including phenoxy) is 1. The molecule has 4 heteroatoms. The molecule has 0 atom stereocenters. The Morgan fingerprint density at radius 2 is 2.14 bits per heavy atom. The number of nitrogens with zero attached hydrogens (tertiary/aromatic N) is 2. The first kappa shape index (κ1) is 12.4. The fourth-order valence-corrected chi connectivity index (χ4v) is 3.03. The van der Waals surface area contributed by atoms with Crippen LogP contribution < -0.4 is 0 Å². The molecule has 3 aromatic rings. The van der Waals surface area contributed by atoms with Crippen LogP contribution in [0.3, 0.4) is 0 Å². The van der Waals surface area contributed by atoms with E-state index in [9.17, 15) is 4.79 Å². The highest BCUT2D eigenvalue weighted by molar-refractivity contribution is 5.94. The largest absolute Gasteiger partial charge is 0.465 e. The molecule has 2 aromatic heterocycles. The molecule has 0 unspecified atom stereocenters. The van der Waals surface area contributed by atoms with Crippen molar-refractivity contribution in [1.29, 1.82) is 0 Å². The summed E-state index contributed by atoms with van der Waals surface area (Å²) in [7, 11) is 1.40. The van der Waals surface area contributed by atoms with E-state index in [0.29, 0.717) is 11.5 Å². The predicted octanol–water partition coefficient (Wildman–Crippen LogP) is 3.54. The van der Waals surface area contributed by atoms with Gasteiger partial charge in [-0.2, -0.15) is 0 Å². The number of carbonyl (C=O) groups is 1. The Kier molecular flexibility index (Phi) is 2.70. The summed E-state index contributed by atoms with van der Waals surface area (Å²) in [5.41, 5.74) is 4.75. The highest BCUT2D eigenvalue weighted by atomic mass is 16.5. The maximum absolute atomic E-state index is 11.7. The molecule has 0 spiro atoms. The van der Waals surface area contributed by atoms with Gasteiger partial charge in [0.2, 0.25) is 0 Å². The molecule has 4 nitrogen and oxygen atoms in total. The lowest BCUT2D eigenvalue weighted by Crippen LogP contribution is -2.12. The van der Waals surface area contributed by atoms with Crippen molar-refractivity contribution in [3.63, 3.8) is 0 Å². The highest BCUT2D eigenvalue weighted by Gasteiger charge is 2.24. The average molecular weight is 280 g/mol. The summed E-state index contributed by atoms with van der Waals surface area (Å²) in [6.45, 7) is 0. The molecule has 106 valence electrons. The molecule has 1 aliphatic rings. The zero-order valence-electron chi connectivity index (χ0n) is 11.9. The van der Waals surface area contributed by atoms with E-state index in [2.05, 4.69) is 16.7 Å². The summed E-state index contributed by atoms with van der Waals surface area (Å²) < 4.78 is 6.96. The van der Waals surface area contributed by atoms with Gasteiger partial charge in [-0.1, -0.05) is 6.42 Å². The predicted molar refractivity (Wildman–Crippen MR) is 80.6 cm³/mol. The summed E-state index contributed by atoms with van der Waals surface area (Å²) in [5.74, 6) is 0.227. The molecule has 1 aromatic carbocycles. The van der Waals surface area contributed by atoms with Gasteiger partial charge < -0.3 is 9.14 Å². The van der Waals surface area contributed by atoms with Crippen LogP contribution in [0.5, 0.6) is 0 Å². The Labute approximate surface area is 122 Å². The maximum Gasteiger partial charge on any atom is 0.337 e. The summed E-state index contributed by atoms with van der Waals surface area (Å²) >= 11 is 0. The fraction of sp³-hybridized carbons (Fsp3) is 0.294. The van der Waals surface area contributed by atoms with Crippen LogP contribution in [-0.2, 0) is 4.74 Å². The first-order chi connectivity index (χ1) is 10.3. The summed E-state index contributed by atoms with van der Waals surface area (Å²) in [4.78, 5) is 16.5. The van der Waals surface area contributed by atoms with Gasteiger partial charge in [0.05, 0.1) is 34.9 Å². The van der Waals surface area contributed by atoms with Crippen LogP contribution in [-0.4, -0.2) is 22.5 Å². The molecule has 0 amide bonds. The monoisotopic (exact) mass is 280 g/mol. The molecular weight excluding hydrogens is 264 g/mol. The van der Waals surface area contributed by atoms with Crippen LogP contribution in [0.25, 0.3) is 16.6 Å². The van der Waals surface area contributed by atoms with Gasteiger partial charge >= 0.3 is 5.97 Å². The Hall–Kier alpha value is -2.36. The van der Waals surface area contributed by atoms with Crippen molar-refractivity contribution < 1.29 is 9.53 Å². The number of methoxy groups -OCH3 is 1. The van der Waals surface area contributed by atoms with Crippen LogP contribution >= 0.6 is 0 Å². The summed E-state index contributed by atoms with van der Waals surface area (Å²) in [6.07, 6.45) is 5.74. The molecule has 1 saturated carbocycles. The molecule has 0 aliphatic heterocycles. The van der Waals surface area contributed by atoms with Gasteiger partial charge in [-0.3, -0.25) is 0 Å². The normalized spacial score (nSPS) is 15.3. The fourth-order valence-electron chi connectivity index (χ4n) is 3.03. The van der Waals surface area contributed by atoms with Gasteiger partial charge in [0.25, 0.3) is 0 Å². The van der Waals surface area contributed by atoms with Crippen LogP contribution in [0.15, 0.2) is 36.5 Å². The Balaban J connectivity index is 1.99. The number of aromatic nitrogens is 2. The first-order valence-corrected chi connectivity index (χ1v) is 7.27. The Bertz CT molecular complexity index is 846. The number of hydrogen-bond acceptors (Lipinski definition) is 3. The molecule has 0 bridgehead atoms. The standard InChI is InChI=1S/C17H16N2O2/c1-21-17(20)12-7-8-14-13(10-12)18-16(11-4-2-5-11)15-6-3-9-19(14)15/h3,6-11H,2,4-5H2,1H3. The minimum Gasteiger partial charge on any atom is -0.465 e. The summed E-state index contributed by atoms with van der Waals surface area (Å²) in [6, 6.07) is 9.72. The van der Waals surface area contributed by atoms with Gasteiger partial charge in [-0.25, -0.2) is 9.78 Å². The van der Waals surface area contributed by atoms with Crippen molar-refractivity contribution in [2.24, 2.45) is 0 Å². The number of rotatable bonds is 2. The van der Waals surface area contributed by atoms with Gasteiger partial charge in [0, 0.05) is 12.1 Å². The molecular formula is C17H16N2O2. The second-order valence-corrected chi connectivity index (χ2v) is 5.58. The quantitative estimate of drug-likeness (QED) is 0.674. The second kappa shape index (κ2) is 4.58. The van der Waals surface area contributed by atoms with Crippen molar-refractivity contribution >= 4 is 22.5 Å². The second-order valence-electron chi connectivity index (χ2n) is 5.58. The van der Waals surface area contributed by atoms with Crippen LogP contribution in [0.4, 0.5) is 0 Å². The number of fused-ring (bicyclic) bond motifs is 3. The number of esters is 1. The lowest BCUT2D eigenvalue weighted by atomic mass is 9.82. The van der Waals surface area contributed by atoms with Crippen LogP contribution in [0.1, 0.15) is 41.2 Å². The SMILES string of the molecule is COC(=O)c1ccc2c(c1)nc(C1CCC1)c1cccn12. The van der Waals surface area contributed by atoms with Crippen molar-refractivity contribution in [3.05, 3.63) is 47.8 Å². The van der Waals surface area contributed by atoms with E-state index in [-0.39, 0.29) is 5.97 Å². The topological polar surface area (TPSA) is 43.6 Å². The van der Waals surface area contributed by atoms with E-state index in [1.54, 1.807) is 6.07 Å². The van der Waals surface area contributed by atoms with E-state index in [4.69, 9.17) is 9.72 Å². The molecule has 4 rings (SSSR count). The van der Waals surface area contributed by atoms with E-state index >= 15 is 0 Å². The smallest absolute Gasteiger partial charge is 0.337 e. The minimum atomic E-state index is -0.323. The minimum absolute atomic E-state index is 0.323. The van der Waals surface area contributed by atoms with Gasteiger partial charge in [0.15, 0.2) is 0 Å². The zero-order valence-corrected chi connectivity index (χ0v) is 11.9. The third kappa shape index (κ3) is 1.82. The average Bonchev–Trinajstić information content (AvgIpc) is 2.94. The number of hydrogen-bond donors (Lipinski definition) is 0. The first-order valence-electron chi connectivity index (χ1n) is 7.27. The van der Waals surface area contributed by atoms with E-state index < -0.39 is 0 Å². The lowest BCUT2D eigenvalue weighted by molar-refractivity contribution is 0.0601. The Morgan fingerprint density at radius 3 is 2.86 bits per heavy atom. The molecule has 21 heavy (non-hydrogen) atoms. The third-order valence-electron chi connectivity index (χ3n) is 4.40. The van der Waals surface area contributed by atoms with Gasteiger partial charge in [-0.05, 0) is 43.2 Å². The lowest BCUT2D eigenvalue weighted by Gasteiger charge is -2.26. The molecule has 1 fully saturated rings. The van der Waals surface area contributed by atoms with E-state index in [1.807, 2.05) is 18.2 Å². The van der Waals surface area contributed by atoms with E-state index in [0.717, 1.165) is 16.7 Å². The van der Waals surface area contributed by atoms with Crippen LogP contribution in [0.2, 0.25) is 0 Å². The number of benzene rings is 1.